The second-order valence-electron chi connectivity index (χ2n) is 4.21. The Bertz CT molecular complexity index is 615. The minimum atomic E-state index is -0.190. The topological polar surface area (TPSA) is 54.9 Å². The maximum Gasteiger partial charge on any atom is 0.266 e. The van der Waals surface area contributed by atoms with Crippen LogP contribution in [0.2, 0.25) is 10.4 Å². The van der Waals surface area contributed by atoms with Gasteiger partial charge in [0.25, 0.3) is 5.91 Å². The van der Waals surface area contributed by atoms with Crippen LogP contribution >= 0.6 is 34.5 Å². The van der Waals surface area contributed by atoms with Crippen LogP contribution < -0.4 is 5.32 Å². The van der Waals surface area contributed by atoms with Gasteiger partial charge in [-0.05, 0) is 42.5 Å². The molecule has 0 saturated carbocycles. The van der Waals surface area contributed by atoms with Gasteiger partial charge in [0.1, 0.15) is 11.0 Å². The molecular weight excluding hydrogens is 305 g/mol. The molecule has 1 N–H and O–H groups in total. The first kappa shape index (κ1) is 12.8. The number of carbonyl (C=O) groups is 1. The molecular formula is C12H9Cl2N3OS. The van der Waals surface area contributed by atoms with E-state index in [0.29, 0.717) is 10.7 Å². The van der Waals surface area contributed by atoms with Crippen LogP contribution in [0.5, 0.6) is 0 Å². The number of amides is 1. The fourth-order valence-corrected chi connectivity index (χ4v) is 3.63. The van der Waals surface area contributed by atoms with E-state index >= 15 is 0 Å². The molecule has 0 fully saturated rings. The lowest BCUT2D eigenvalue weighted by Gasteiger charge is -2.03. The van der Waals surface area contributed by atoms with Crippen LogP contribution in [-0.2, 0) is 12.8 Å². The lowest BCUT2D eigenvalue weighted by molar-refractivity contribution is 0.103. The van der Waals surface area contributed by atoms with Crippen molar-refractivity contribution in [2.75, 3.05) is 5.32 Å². The molecule has 0 radical (unpaired) electrons. The average Bonchev–Trinajstić information content (AvgIpc) is 2.86. The number of aryl methyl sites for hydroxylation is 2. The highest BCUT2D eigenvalue weighted by molar-refractivity contribution is 7.14. The zero-order valence-electron chi connectivity index (χ0n) is 9.74. The van der Waals surface area contributed by atoms with E-state index in [2.05, 4.69) is 15.3 Å². The lowest BCUT2D eigenvalue weighted by Crippen LogP contribution is -2.11. The summed E-state index contributed by atoms with van der Waals surface area (Å²) in [7, 11) is 0. The Hall–Kier alpha value is -1.17. The van der Waals surface area contributed by atoms with E-state index in [4.69, 9.17) is 23.2 Å². The van der Waals surface area contributed by atoms with E-state index in [0.717, 1.165) is 12.8 Å². The number of rotatable bonds is 2. The van der Waals surface area contributed by atoms with Gasteiger partial charge in [0, 0.05) is 10.9 Å². The fourth-order valence-electron chi connectivity index (χ4n) is 2.07. The van der Waals surface area contributed by atoms with Crippen molar-refractivity contribution in [1.29, 1.82) is 0 Å². The van der Waals surface area contributed by atoms with Crippen LogP contribution in [0.1, 0.15) is 26.5 Å². The molecule has 4 nitrogen and oxygen atoms in total. The summed E-state index contributed by atoms with van der Waals surface area (Å²) in [5, 5.41) is 2.89. The summed E-state index contributed by atoms with van der Waals surface area (Å²) in [5.74, 6) is 0.119. The summed E-state index contributed by atoms with van der Waals surface area (Å²) in [5.41, 5.74) is 1.29. The van der Waals surface area contributed by atoms with E-state index in [-0.39, 0.29) is 16.3 Å². The average molecular weight is 314 g/mol. The molecule has 2 heterocycles. The molecule has 1 aliphatic carbocycles. The highest BCUT2D eigenvalue weighted by atomic mass is 35.5. The van der Waals surface area contributed by atoms with Gasteiger partial charge >= 0.3 is 0 Å². The normalized spacial score (nSPS) is 13.4. The van der Waals surface area contributed by atoms with Crippen molar-refractivity contribution in [2.24, 2.45) is 0 Å². The number of anilines is 1. The molecule has 1 amide bonds. The van der Waals surface area contributed by atoms with Crippen molar-refractivity contribution in [2.45, 2.75) is 19.3 Å². The van der Waals surface area contributed by atoms with Crippen molar-refractivity contribution in [3.05, 3.63) is 37.9 Å². The molecule has 3 rings (SSSR count). The SMILES string of the molecule is O=C(Nc1cc(Cl)nc(Cl)n1)c1cc2c(s1)CCC2. The van der Waals surface area contributed by atoms with Crippen LogP contribution in [-0.4, -0.2) is 15.9 Å². The van der Waals surface area contributed by atoms with Gasteiger partial charge in [0.05, 0.1) is 4.88 Å². The Balaban J connectivity index is 1.80. The van der Waals surface area contributed by atoms with Gasteiger partial charge in [-0.2, -0.15) is 0 Å². The van der Waals surface area contributed by atoms with E-state index in [1.165, 1.54) is 34.3 Å². The van der Waals surface area contributed by atoms with Crippen LogP contribution in [0.15, 0.2) is 12.1 Å². The van der Waals surface area contributed by atoms with Crippen molar-refractivity contribution in [1.82, 2.24) is 9.97 Å². The number of nitrogens with zero attached hydrogens (tertiary/aromatic N) is 2. The number of thiophene rings is 1. The molecule has 19 heavy (non-hydrogen) atoms. The lowest BCUT2D eigenvalue weighted by atomic mass is 10.2. The first-order chi connectivity index (χ1) is 9.11. The van der Waals surface area contributed by atoms with Crippen LogP contribution in [0, 0.1) is 0 Å². The highest BCUT2D eigenvalue weighted by Crippen LogP contribution is 2.31. The zero-order chi connectivity index (χ0) is 13.4. The van der Waals surface area contributed by atoms with Gasteiger partial charge in [-0.3, -0.25) is 4.79 Å². The van der Waals surface area contributed by atoms with Crippen LogP contribution in [0.4, 0.5) is 5.82 Å². The standard InChI is InChI=1S/C12H9Cl2N3OS/c13-9-5-10(17-12(14)15-9)16-11(18)8-4-6-2-1-3-7(6)19-8/h4-5H,1-3H2,(H,15,16,17,18). The Morgan fingerprint density at radius 2 is 2.11 bits per heavy atom. The predicted octanol–water partition coefficient (Wildman–Crippen LogP) is 3.59. The third-order valence-corrected chi connectivity index (χ3v) is 4.48. The number of aromatic nitrogens is 2. The summed E-state index contributed by atoms with van der Waals surface area (Å²) in [4.78, 5) is 21.7. The van der Waals surface area contributed by atoms with Crippen molar-refractivity contribution in [3.8, 4) is 0 Å². The molecule has 0 aromatic carbocycles. The van der Waals surface area contributed by atoms with Gasteiger partial charge in [-0.15, -0.1) is 11.3 Å². The van der Waals surface area contributed by atoms with Gasteiger partial charge in [-0.1, -0.05) is 11.6 Å². The largest absolute Gasteiger partial charge is 0.306 e. The number of carbonyl (C=O) groups excluding carboxylic acids is 1. The molecule has 0 spiro atoms. The quantitative estimate of drug-likeness (QED) is 0.681. The number of hydrogen-bond acceptors (Lipinski definition) is 4. The minimum absolute atomic E-state index is 0.0106. The molecule has 0 bridgehead atoms. The summed E-state index contributed by atoms with van der Waals surface area (Å²) in [6.07, 6.45) is 3.31. The fraction of sp³-hybridized carbons (Fsp3) is 0.250. The van der Waals surface area contributed by atoms with Crippen molar-refractivity contribution >= 4 is 46.3 Å². The smallest absolute Gasteiger partial charge is 0.266 e. The number of hydrogen-bond donors (Lipinski definition) is 1. The predicted molar refractivity (Wildman–Crippen MR) is 76.3 cm³/mol. The Labute approximate surface area is 123 Å². The Morgan fingerprint density at radius 3 is 2.84 bits per heavy atom. The van der Waals surface area contributed by atoms with Gasteiger partial charge in [-0.25, -0.2) is 9.97 Å². The van der Waals surface area contributed by atoms with Crippen molar-refractivity contribution in [3.63, 3.8) is 0 Å². The first-order valence-electron chi connectivity index (χ1n) is 5.75. The summed E-state index contributed by atoms with van der Waals surface area (Å²) in [6, 6.07) is 3.42. The van der Waals surface area contributed by atoms with Gasteiger partial charge < -0.3 is 5.32 Å². The third kappa shape index (κ3) is 2.73. The highest BCUT2D eigenvalue weighted by Gasteiger charge is 2.18. The number of nitrogens with one attached hydrogen (secondary N) is 1. The molecule has 0 saturated heterocycles. The number of halogens is 2. The maximum absolute atomic E-state index is 12.1. The van der Waals surface area contributed by atoms with E-state index < -0.39 is 0 Å². The molecule has 7 heteroatoms. The van der Waals surface area contributed by atoms with Crippen LogP contribution in [0.25, 0.3) is 0 Å². The molecule has 0 unspecified atom stereocenters. The Morgan fingerprint density at radius 1 is 1.26 bits per heavy atom. The van der Waals surface area contributed by atoms with E-state index in [1.54, 1.807) is 0 Å². The molecule has 0 aliphatic heterocycles. The maximum atomic E-state index is 12.1. The first-order valence-corrected chi connectivity index (χ1v) is 7.32. The minimum Gasteiger partial charge on any atom is -0.306 e. The molecule has 98 valence electrons. The molecule has 2 aromatic rings. The molecule has 2 aromatic heterocycles. The van der Waals surface area contributed by atoms with Gasteiger partial charge in [0.2, 0.25) is 5.28 Å². The summed E-state index contributed by atoms with van der Waals surface area (Å²) >= 11 is 13.0. The molecule has 0 atom stereocenters. The van der Waals surface area contributed by atoms with E-state index in [9.17, 15) is 4.79 Å². The van der Waals surface area contributed by atoms with Crippen LogP contribution in [0.3, 0.4) is 0 Å². The summed E-state index contributed by atoms with van der Waals surface area (Å²) in [6.45, 7) is 0. The summed E-state index contributed by atoms with van der Waals surface area (Å²) < 4.78 is 0. The van der Waals surface area contributed by atoms with E-state index in [1.807, 2.05) is 6.07 Å². The van der Waals surface area contributed by atoms with Gasteiger partial charge in [0.15, 0.2) is 0 Å². The molecule has 1 aliphatic rings. The second-order valence-corrected chi connectivity index (χ2v) is 6.07. The van der Waals surface area contributed by atoms with Crippen molar-refractivity contribution < 1.29 is 4.79 Å². The zero-order valence-corrected chi connectivity index (χ0v) is 12.1. The second kappa shape index (κ2) is 5.07. The Kier molecular flexibility index (Phi) is 3.43. The monoisotopic (exact) mass is 313 g/mol. The number of fused-ring (bicyclic) bond motifs is 1. The third-order valence-electron chi connectivity index (χ3n) is 2.88.